The number of nitrogens with zero attached hydrogens (tertiary/aromatic N) is 1. The summed E-state index contributed by atoms with van der Waals surface area (Å²) >= 11 is 0. The molecule has 1 nitrogen and oxygen atoms in total. The van der Waals surface area contributed by atoms with E-state index >= 15 is 0 Å². The normalized spacial score (nSPS) is 21.6. The van der Waals surface area contributed by atoms with Crippen LogP contribution in [0.5, 0.6) is 0 Å². The molecular formula is C12H23N. The summed E-state index contributed by atoms with van der Waals surface area (Å²) in [7, 11) is 2.15. The summed E-state index contributed by atoms with van der Waals surface area (Å²) in [5.74, 6) is 1.50. The Bertz CT molecular complexity index is 183. The third-order valence-electron chi connectivity index (χ3n) is 3.69. The molecule has 0 N–H and O–H groups in total. The van der Waals surface area contributed by atoms with Crippen LogP contribution in [-0.2, 0) is 0 Å². The van der Waals surface area contributed by atoms with E-state index in [1.165, 1.54) is 13.0 Å². The predicted molar refractivity (Wildman–Crippen MR) is 58.5 cm³/mol. The van der Waals surface area contributed by atoms with Crippen LogP contribution in [0, 0.1) is 17.3 Å². The molecule has 0 aromatic heterocycles. The molecule has 13 heavy (non-hydrogen) atoms. The van der Waals surface area contributed by atoms with Crippen LogP contribution < -0.4 is 0 Å². The van der Waals surface area contributed by atoms with Crippen molar-refractivity contribution in [3.8, 4) is 0 Å². The van der Waals surface area contributed by atoms with Crippen LogP contribution in [0.15, 0.2) is 12.3 Å². The average molecular weight is 181 g/mol. The molecule has 1 heteroatoms. The molecule has 0 radical (unpaired) electrons. The fourth-order valence-electron chi connectivity index (χ4n) is 2.42. The Morgan fingerprint density at radius 1 is 1.15 bits per heavy atom. The summed E-state index contributed by atoms with van der Waals surface area (Å²) in [6.07, 6.45) is 5.98. The molecule has 0 fully saturated rings. The molecule has 0 saturated heterocycles. The molecule has 0 saturated carbocycles. The lowest BCUT2D eigenvalue weighted by molar-refractivity contribution is 0.133. The lowest BCUT2D eigenvalue weighted by atomic mass is 9.66. The Hall–Kier alpha value is -0.460. The summed E-state index contributed by atoms with van der Waals surface area (Å²) in [5.41, 5.74) is 0.437. The Labute approximate surface area is 82.8 Å². The topological polar surface area (TPSA) is 3.24 Å². The minimum atomic E-state index is 0.437. The molecule has 0 aliphatic carbocycles. The van der Waals surface area contributed by atoms with Gasteiger partial charge in [0.15, 0.2) is 0 Å². The monoisotopic (exact) mass is 181 g/mol. The first-order valence-corrected chi connectivity index (χ1v) is 5.38. The first-order chi connectivity index (χ1) is 5.99. The van der Waals surface area contributed by atoms with Crippen molar-refractivity contribution in [1.82, 2.24) is 4.90 Å². The molecule has 0 aromatic carbocycles. The van der Waals surface area contributed by atoms with Gasteiger partial charge in [0.25, 0.3) is 0 Å². The van der Waals surface area contributed by atoms with Crippen molar-refractivity contribution in [3.05, 3.63) is 12.3 Å². The molecule has 0 atom stereocenters. The van der Waals surface area contributed by atoms with Crippen LogP contribution in [0.2, 0.25) is 0 Å². The van der Waals surface area contributed by atoms with Gasteiger partial charge in [0.05, 0.1) is 0 Å². The second-order valence-corrected chi connectivity index (χ2v) is 4.97. The summed E-state index contributed by atoms with van der Waals surface area (Å²) in [6.45, 7) is 10.6. The maximum absolute atomic E-state index is 2.42. The summed E-state index contributed by atoms with van der Waals surface area (Å²) in [4.78, 5) is 2.28. The van der Waals surface area contributed by atoms with Crippen molar-refractivity contribution in [2.24, 2.45) is 17.3 Å². The van der Waals surface area contributed by atoms with Crippen molar-refractivity contribution < 1.29 is 0 Å². The molecule has 0 amide bonds. The maximum atomic E-state index is 2.42. The molecule has 76 valence electrons. The van der Waals surface area contributed by atoms with Gasteiger partial charge in [0.1, 0.15) is 0 Å². The zero-order chi connectivity index (χ0) is 10.1. The molecule has 1 rings (SSSR count). The number of allylic oxidation sites excluding steroid dienone is 1. The van der Waals surface area contributed by atoms with E-state index < -0.39 is 0 Å². The van der Waals surface area contributed by atoms with E-state index in [1.54, 1.807) is 0 Å². The van der Waals surface area contributed by atoms with Gasteiger partial charge >= 0.3 is 0 Å². The van der Waals surface area contributed by atoms with Crippen LogP contribution >= 0.6 is 0 Å². The minimum absolute atomic E-state index is 0.437. The van der Waals surface area contributed by atoms with E-state index in [0.29, 0.717) is 5.41 Å². The molecule has 1 heterocycles. The van der Waals surface area contributed by atoms with Gasteiger partial charge in [-0.1, -0.05) is 33.8 Å². The second-order valence-electron chi connectivity index (χ2n) is 4.97. The first kappa shape index (κ1) is 10.6. The van der Waals surface area contributed by atoms with Crippen molar-refractivity contribution >= 4 is 0 Å². The molecule has 0 bridgehead atoms. The average Bonchev–Trinajstić information content (AvgIpc) is 2.04. The molecule has 1 aliphatic heterocycles. The van der Waals surface area contributed by atoms with Crippen LogP contribution in [0.1, 0.15) is 34.1 Å². The summed E-state index contributed by atoms with van der Waals surface area (Å²) in [6, 6.07) is 0. The van der Waals surface area contributed by atoms with Gasteiger partial charge < -0.3 is 4.90 Å². The number of rotatable bonds is 2. The maximum Gasteiger partial charge on any atom is 0.0177 e. The van der Waals surface area contributed by atoms with E-state index in [4.69, 9.17) is 0 Å². The van der Waals surface area contributed by atoms with Gasteiger partial charge in [0, 0.05) is 13.6 Å². The van der Waals surface area contributed by atoms with E-state index in [0.717, 1.165) is 11.8 Å². The molecule has 1 aliphatic rings. The fourth-order valence-corrected chi connectivity index (χ4v) is 2.42. The Morgan fingerprint density at radius 2 is 1.69 bits per heavy atom. The van der Waals surface area contributed by atoms with Crippen molar-refractivity contribution in [2.75, 3.05) is 13.6 Å². The Balaban J connectivity index is 2.87. The van der Waals surface area contributed by atoms with Gasteiger partial charge in [0.2, 0.25) is 0 Å². The molecule has 0 unspecified atom stereocenters. The lowest BCUT2D eigenvalue weighted by Crippen LogP contribution is -2.37. The quantitative estimate of drug-likeness (QED) is 0.632. The highest BCUT2D eigenvalue weighted by Crippen LogP contribution is 2.42. The Morgan fingerprint density at radius 3 is 2.00 bits per heavy atom. The zero-order valence-corrected chi connectivity index (χ0v) is 9.67. The summed E-state index contributed by atoms with van der Waals surface area (Å²) < 4.78 is 0. The Kier molecular flexibility index (Phi) is 3.05. The molecule has 0 spiro atoms. The van der Waals surface area contributed by atoms with Gasteiger partial charge in [-0.3, -0.25) is 0 Å². The second kappa shape index (κ2) is 3.73. The van der Waals surface area contributed by atoms with Gasteiger partial charge in [-0.2, -0.15) is 0 Å². The van der Waals surface area contributed by atoms with E-state index in [9.17, 15) is 0 Å². The standard InChI is InChI=1S/C12H23N/c1-10(2)12(11(3)4)6-8-13(5)9-7-12/h6,8,10-11H,7,9H2,1-5H3. The summed E-state index contributed by atoms with van der Waals surface area (Å²) in [5, 5.41) is 0. The van der Waals surface area contributed by atoms with E-state index in [-0.39, 0.29) is 0 Å². The highest BCUT2D eigenvalue weighted by Gasteiger charge is 2.35. The first-order valence-electron chi connectivity index (χ1n) is 5.38. The highest BCUT2D eigenvalue weighted by atomic mass is 15.1. The fraction of sp³-hybridized carbons (Fsp3) is 0.833. The van der Waals surface area contributed by atoms with Crippen molar-refractivity contribution in [2.45, 2.75) is 34.1 Å². The van der Waals surface area contributed by atoms with Gasteiger partial charge in [-0.25, -0.2) is 0 Å². The van der Waals surface area contributed by atoms with Crippen LogP contribution in [0.4, 0.5) is 0 Å². The largest absolute Gasteiger partial charge is 0.381 e. The van der Waals surface area contributed by atoms with Crippen LogP contribution in [0.25, 0.3) is 0 Å². The van der Waals surface area contributed by atoms with Crippen LogP contribution in [0.3, 0.4) is 0 Å². The third-order valence-corrected chi connectivity index (χ3v) is 3.69. The van der Waals surface area contributed by atoms with Crippen molar-refractivity contribution in [3.63, 3.8) is 0 Å². The van der Waals surface area contributed by atoms with Crippen LogP contribution in [-0.4, -0.2) is 18.5 Å². The molecule has 0 aromatic rings. The predicted octanol–water partition coefficient (Wildman–Crippen LogP) is 3.13. The smallest absolute Gasteiger partial charge is 0.0177 e. The van der Waals surface area contributed by atoms with Gasteiger partial charge in [-0.15, -0.1) is 0 Å². The number of hydrogen-bond donors (Lipinski definition) is 0. The van der Waals surface area contributed by atoms with Gasteiger partial charge in [-0.05, 0) is 29.9 Å². The highest BCUT2D eigenvalue weighted by molar-refractivity contribution is 5.06. The SMILES string of the molecule is CC(C)C1(C(C)C)C=CN(C)CC1. The third kappa shape index (κ3) is 1.90. The minimum Gasteiger partial charge on any atom is -0.381 e. The zero-order valence-electron chi connectivity index (χ0n) is 9.67. The van der Waals surface area contributed by atoms with E-state index in [1.807, 2.05) is 0 Å². The lowest BCUT2D eigenvalue weighted by Gasteiger charge is -2.43. The number of hydrogen-bond acceptors (Lipinski definition) is 1. The van der Waals surface area contributed by atoms with E-state index in [2.05, 4.69) is 51.9 Å². The molecular weight excluding hydrogens is 158 g/mol. The van der Waals surface area contributed by atoms with Crippen molar-refractivity contribution in [1.29, 1.82) is 0 Å².